The van der Waals surface area contributed by atoms with Crippen molar-refractivity contribution in [1.82, 2.24) is 4.98 Å². The smallest absolute Gasteiger partial charge is 0.118 e. The van der Waals surface area contributed by atoms with Crippen LogP contribution in [-0.2, 0) is 12.0 Å². The lowest BCUT2D eigenvalue weighted by atomic mass is 9.90. The molecular weight excluding hydrogens is 238 g/mol. The van der Waals surface area contributed by atoms with E-state index in [4.69, 9.17) is 4.74 Å². The van der Waals surface area contributed by atoms with E-state index < -0.39 is 5.60 Å². The molecular formula is C16H19NO2. The molecule has 0 bridgehead atoms. The van der Waals surface area contributed by atoms with Crippen LogP contribution in [0.5, 0.6) is 5.75 Å². The number of methoxy groups -OCH3 is 1. The molecule has 1 unspecified atom stereocenters. The number of benzene rings is 1. The first kappa shape index (κ1) is 13.6. The van der Waals surface area contributed by atoms with Gasteiger partial charge in [-0.05, 0) is 37.6 Å². The number of pyridine rings is 1. The van der Waals surface area contributed by atoms with Crippen LogP contribution in [-0.4, -0.2) is 17.2 Å². The summed E-state index contributed by atoms with van der Waals surface area (Å²) in [5.41, 5.74) is 1.92. The minimum absolute atomic E-state index is 0.543. The van der Waals surface area contributed by atoms with Gasteiger partial charge in [-0.15, -0.1) is 0 Å². The van der Waals surface area contributed by atoms with E-state index in [1.165, 1.54) is 0 Å². The lowest BCUT2D eigenvalue weighted by Crippen LogP contribution is -2.24. The van der Waals surface area contributed by atoms with Gasteiger partial charge in [-0.3, -0.25) is 4.98 Å². The van der Waals surface area contributed by atoms with Crippen LogP contribution in [0.4, 0.5) is 0 Å². The normalized spacial score (nSPS) is 13.9. The Labute approximate surface area is 113 Å². The predicted molar refractivity (Wildman–Crippen MR) is 75.2 cm³/mol. The first-order valence-electron chi connectivity index (χ1n) is 6.30. The highest BCUT2D eigenvalue weighted by atomic mass is 16.5. The highest BCUT2D eigenvalue weighted by molar-refractivity contribution is 5.30. The maximum Gasteiger partial charge on any atom is 0.118 e. The Kier molecular flexibility index (Phi) is 3.86. The van der Waals surface area contributed by atoms with Gasteiger partial charge in [0.25, 0.3) is 0 Å². The molecule has 3 heteroatoms. The van der Waals surface area contributed by atoms with Crippen molar-refractivity contribution < 1.29 is 9.84 Å². The second-order valence-electron chi connectivity index (χ2n) is 4.99. The van der Waals surface area contributed by atoms with Crippen LogP contribution in [0.25, 0.3) is 0 Å². The number of hydrogen-bond donors (Lipinski definition) is 1. The number of aryl methyl sites for hydroxylation is 1. The molecule has 0 aliphatic rings. The average Bonchev–Trinajstić information content (AvgIpc) is 2.40. The Balaban J connectivity index is 2.17. The van der Waals surface area contributed by atoms with Crippen molar-refractivity contribution in [3.05, 3.63) is 59.4 Å². The van der Waals surface area contributed by atoms with Gasteiger partial charge in [-0.2, -0.15) is 0 Å². The molecule has 1 N–H and O–H groups in total. The fourth-order valence-corrected chi connectivity index (χ4v) is 2.03. The van der Waals surface area contributed by atoms with Crippen molar-refractivity contribution in [3.63, 3.8) is 0 Å². The van der Waals surface area contributed by atoms with Gasteiger partial charge in [0.2, 0.25) is 0 Å². The van der Waals surface area contributed by atoms with Crippen LogP contribution in [0, 0.1) is 6.92 Å². The van der Waals surface area contributed by atoms with E-state index in [0.717, 1.165) is 22.6 Å². The molecule has 2 aromatic rings. The SMILES string of the molecule is COc1ccc(CC(C)(O)c2ccc(C)nc2)cc1. The number of aliphatic hydroxyl groups is 1. The Morgan fingerprint density at radius 3 is 2.37 bits per heavy atom. The van der Waals surface area contributed by atoms with Crippen molar-refractivity contribution in [2.75, 3.05) is 7.11 Å². The summed E-state index contributed by atoms with van der Waals surface area (Å²) in [4.78, 5) is 4.23. The predicted octanol–water partition coefficient (Wildman–Crippen LogP) is 2.85. The molecule has 0 aliphatic heterocycles. The summed E-state index contributed by atoms with van der Waals surface area (Å²) in [6, 6.07) is 11.6. The number of nitrogens with zero attached hydrogens (tertiary/aromatic N) is 1. The second-order valence-corrected chi connectivity index (χ2v) is 4.99. The third-order valence-corrected chi connectivity index (χ3v) is 3.24. The van der Waals surface area contributed by atoms with E-state index in [-0.39, 0.29) is 0 Å². The summed E-state index contributed by atoms with van der Waals surface area (Å²) >= 11 is 0. The molecule has 2 rings (SSSR count). The molecule has 0 spiro atoms. The lowest BCUT2D eigenvalue weighted by molar-refractivity contribution is 0.0572. The molecule has 1 aromatic heterocycles. The molecule has 100 valence electrons. The highest BCUT2D eigenvalue weighted by Crippen LogP contribution is 2.25. The standard InChI is InChI=1S/C16H19NO2/c1-12-4-7-14(11-17-12)16(2,18)10-13-5-8-15(19-3)9-6-13/h4-9,11,18H,10H2,1-3H3. The molecule has 1 atom stereocenters. The van der Waals surface area contributed by atoms with Crippen LogP contribution in [0.1, 0.15) is 23.7 Å². The van der Waals surface area contributed by atoms with E-state index in [2.05, 4.69) is 4.98 Å². The third kappa shape index (κ3) is 3.32. The van der Waals surface area contributed by atoms with E-state index >= 15 is 0 Å². The second kappa shape index (κ2) is 5.41. The Morgan fingerprint density at radius 2 is 1.84 bits per heavy atom. The largest absolute Gasteiger partial charge is 0.497 e. The van der Waals surface area contributed by atoms with Gasteiger partial charge in [-0.1, -0.05) is 18.2 Å². The average molecular weight is 257 g/mol. The van der Waals surface area contributed by atoms with Crippen molar-refractivity contribution in [1.29, 1.82) is 0 Å². The van der Waals surface area contributed by atoms with E-state index in [0.29, 0.717) is 6.42 Å². The van der Waals surface area contributed by atoms with Crippen LogP contribution in [0.15, 0.2) is 42.6 Å². The minimum atomic E-state index is -0.921. The summed E-state index contributed by atoms with van der Waals surface area (Å²) in [6.45, 7) is 3.74. The van der Waals surface area contributed by atoms with Crippen molar-refractivity contribution >= 4 is 0 Å². The zero-order valence-corrected chi connectivity index (χ0v) is 11.6. The molecule has 3 nitrogen and oxygen atoms in total. The van der Waals surface area contributed by atoms with E-state index in [1.807, 2.05) is 50.2 Å². The molecule has 0 amide bonds. The summed E-state index contributed by atoms with van der Waals surface area (Å²) < 4.78 is 5.12. The van der Waals surface area contributed by atoms with Gasteiger partial charge in [0, 0.05) is 23.9 Å². The van der Waals surface area contributed by atoms with Gasteiger partial charge in [0.1, 0.15) is 5.75 Å². The van der Waals surface area contributed by atoms with Gasteiger partial charge in [0.15, 0.2) is 0 Å². The Bertz CT molecular complexity index is 530. The third-order valence-electron chi connectivity index (χ3n) is 3.24. The summed E-state index contributed by atoms with van der Waals surface area (Å²) in [7, 11) is 1.64. The minimum Gasteiger partial charge on any atom is -0.497 e. The monoisotopic (exact) mass is 257 g/mol. The van der Waals surface area contributed by atoms with E-state index in [9.17, 15) is 5.11 Å². The van der Waals surface area contributed by atoms with Crippen molar-refractivity contribution in [3.8, 4) is 5.75 Å². The molecule has 0 saturated heterocycles. The topological polar surface area (TPSA) is 42.4 Å². The number of aromatic nitrogens is 1. The van der Waals surface area contributed by atoms with Crippen LogP contribution >= 0.6 is 0 Å². The molecule has 0 radical (unpaired) electrons. The molecule has 0 aliphatic carbocycles. The molecule has 19 heavy (non-hydrogen) atoms. The number of ether oxygens (including phenoxy) is 1. The molecule has 1 aromatic carbocycles. The van der Waals surface area contributed by atoms with Crippen LogP contribution in [0.2, 0.25) is 0 Å². The first-order chi connectivity index (χ1) is 9.01. The van der Waals surface area contributed by atoms with Gasteiger partial charge < -0.3 is 9.84 Å². The fourth-order valence-electron chi connectivity index (χ4n) is 2.03. The Morgan fingerprint density at radius 1 is 1.16 bits per heavy atom. The zero-order chi connectivity index (χ0) is 13.9. The molecule has 0 saturated carbocycles. The summed E-state index contributed by atoms with van der Waals surface area (Å²) in [5.74, 6) is 0.820. The number of rotatable bonds is 4. The quantitative estimate of drug-likeness (QED) is 0.915. The van der Waals surface area contributed by atoms with Gasteiger partial charge >= 0.3 is 0 Å². The summed E-state index contributed by atoms with van der Waals surface area (Å²) in [6.07, 6.45) is 2.28. The van der Waals surface area contributed by atoms with E-state index in [1.54, 1.807) is 13.3 Å². The lowest BCUT2D eigenvalue weighted by Gasteiger charge is -2.23. The maximum absolute atomic E-state index is 10.6. The van der Waals surface area contributed by atoms with Crippen LogP contribution < -0.4 is 4.74 Å². The highest BCUT2D eigenvalue weighted by Gasteiger charge is 2.23. The van der Waals surface area contributed by atoms with Gasteiger partial charge in [0.05, 0.1) is 12.7 Å². The Hall–Kier alpha value is -1.87. The maximum atomic E-state index is 10.6. The zero-order valence-electron chi connectivity index (χ0n) is 11.6. The first-order valence-corrected chi connectivity index (χ1v) is 6.30. The fraction of sp³-hybridized carbons (Fsp3) is 0.312. The number of hydrogen-bond acceptors (Lipinski definition) is 3. The van der Waals surface area contributed by atoms with Crippen LogP contribution in [0.3, 0.4) is 0 Å². The van der Waals surface area contributed by atoms with Crippen molar-refractivity contribution in [2.24, 2.45) is 0 Å². The molecule has 1 heterocycles. The van der Waals surface area contributed by atoms with Gasteiger partial charge in [-0.25, -0.2) is 0 Å². The summed E-state index contributed by atoms with van der Waals surface area (Å²) in [5, 5.41) is 10.6. The van der Waals surface area contributed by atoms with Crippen molar-refractivity contribution in [2.45, 2.75) is 25.9 Å². The molecule has 0 fully saturated rings.